The third-order valence-corrected chi connectivity index (χ3v) is 6.77. The van der Waals surface area contributed by atoms with Gasteiger partial charge in [0.15, 0.2) is 5.60 Å². The molecule has 0 aliphatic heterocycles. The van der Waals surface area contributed by atoms with E-state index in [9.17, 15) is 32.6 Å². The maximum atomic E-state index is 14.3. The molecule has 3 atom stereocenters. The van der Waals surface area contributed by atoms with Crippen molar-refractivity contribution in [3.63, 3.8) is 0 Å². The smallest absolute Gasteiger partial charge is 0.419 e. The molecule has 1 heterocycles. The summed E-state index contributed by atoms with van der Waals surface area (Å²) in [5.74, 6) is -1.54. The van der Waals surface area contributed by atoms with Crippen molar-refractivity contribution in [1.29, 1.82) is 0 Å². The van der Waals surface area contributed by atoms with E-state index in [0.717, 1.165) is 12.1 Å². The second-order valence-electron chi connectivity index (χ2n) is 8.68. The summed E-state index contributed by atoms with van der Waals surface area (Å²) in [4.78, 5) is 14.0. The van der Waals surface area contributed by atoms with Gasteiger partial charge in [0.25, 0.3) is 0 Å². The van der Waals surface area contributed by atoms with Gasteiger partial charge in [0.2, 0.25) is 5.56 Å². The molecule has 1 aliphatic rings. The van der Waals surface area contributed by atoms with Crippen molar-refractivity contribution < 1.29 is 27.8 Å². The molecule has 3 aromatic rings. The lowest BCUT2D eigenvalue weighted by Crippen LogP contribution is -2.55. The zero-order chi connectivity index (χ0) is 24.3. The summed E-state index contributed by atoms with van der Waals surface area (Å²) < 4.78 is 57.3. The monoisotopic (exact) mass is 464 g/mol. The van der Waals surface area contributed by atoms with Gasteiger partial charge in [0, 0.05) is 22.7 Å². The van der Waals surface area contributed by atoms with Crippen molar-refractivity contribution in [2.45, 2.75) is 57.3 Å². The molecule has 5 nitrogen and oxygen atoms in total. The first-order valence-electron chi connectivity index (χ1n) is 10.6. The number of anilines is 1. The molecule has 0 fully saturated rings. The summed E-state index contributed by atoms with van der Waals surface area (Å²) in [6.07, 6.45) is -5.35. The van der Waals surface area contributed by atoms with Gasteiger partial charge >= 0.3 is 6.18 Å². The summed E-state index contributed by atoms with van der Waals surface area (Å²) >= 11 is 0. The van der Waals surface area contributed by atoms with Crippen molar-refractivity contribution in [2.75, 3.05) is 5.32 Å². The molecule has 0 saturated carbocycles. The molecule has 2 aromatic carbocycles. The van der Waals surface area contributed by atoms with E-state index in [1.807, 2.05) is 0 Å². The zero-order valence-corrected chi connectivity index (χ0v) is 18.3. The van der Waals surface area contributed by atoms with Crippen LogP contribution in [-0.2, 0) is 0 Å². The molecule has 0 spiro atoms. The van der Waals surface area contributed by atoms with E-state index in [2.05, 4.69) is 10.3 Å². The number of H-pyrrole nitrogens is 1. The first kappa shape index (κ1) is 23.1. The van der Waals surface area contributed by atoms with Crippen molar-refractivity contribution >= 4 is 16.6 Å². The lowest BCUT2D eigenvalue weighted by Gasteiger charge is -2.46. The van der Waals surface area contributed by atoms with Crippen LogP contribution in [0, 0.1) is 19.7 Å². The number of hydrogen-bond acceptors (Lipinski definition) is 4. The second kappa shape index (κ2) is 7.76. The number of aliphatic hydroxyl groups is 1. The SMILES string of the molecule is CC[C@H]1C[C@](O)(C(F)(F)F)[C@@H](Nc2ccc(F)c3[nH]c(=O)ccc23)c2cc(C)c(C)c(O)c21. The Morgan fingerprint density at radius 1 is 1.21 bits per heavy atom. The Kier molecular flexibility index (Phi) is 5.43. The standard InChI is InChI=1S/C24H24F4N2O3/c1-4-13-10-23(33,24(26,27)28)22(15-9-11(2)12(3)21(32)19(13)15)29-17-7-6-16(25)20-14(17)5-8-18(31)30-20/h5-9,13,22,29,32-33H,4,10H2,1-3H3,(H,30,31)/t13-,22-,23+/m0/s1. The van der Waals surface area contributed by atoms with Crippen LogP contribution in [0.4, 0.5) is 23.2 Å². The zero-order valence-electron chi connectivity index (χ0n) is 18.3. The molecule has 0 unspecified atom stereocenters. The Labute approximate surface area is 187 Å². The Morgan fingerprint density at radius 3 is 2.55 bits per heavy atom. The predicted octanol–water partition coefficient (Wildman–Crippen LogP) is 5.33. The molecular weight excluding hydrogens is 440 g/mol. The van der Waals surface area contributed by atoms with Gasteiger partial charge in [0.05, 0.1) is 11.6 Å². The number of aryl methyl sites for hydroxylation is 1. The first-order chi connectivity index (χ1) is 15.4. The summed E-state index contributed by atoms with van der Waals surface area (Å²) in [7, 11) is 0. The molecule has 0 bridgehead atoms. The van der Waals surface area contributed by atoms with Gasteiger partial charge in [0.1, 0.15) is 11.6 Å². The number of phenols is 1. The molecule has 4 rings (SSSR count). The fraction of sp³-hybridized carbons (Fsp3) is 0.375. The lowest BCUT2D eigenvalue weighted by atomic mass is 9.68. The van der Waals surface area contributed by atoms with Gasteiger partial charge in [-0.15, -0.1) is 0 Å². The van der Waals surface area contributed by atoms with E-state index in [1.54, 1.807) is 26.8 Å². The van der Waals surface area contributed by atoms with Crippen LogP contribution in [0.15, 0.2) is 35.1 Å². The van der Waals surface area contributed by atoms with Gasteiger partial charge in [-0.2, -0.15) is 13.2 Å². The van der Waals surface area contributed by atoms with Gasteiger partial charge in [-0.3, -0.25) is 4.79 Å². The van der Waals surface area contributed by atoms with Gasteiger partial charge in [-0.1, -0.05) is 13.0 Å². The number of rotatable bonds is 3. The van der Waals surface area contributed by atoms with Gasteiger partial charge in [-0.05, 0) is 67.5 Å². The first-order valence-corrected chi connectivity index (χ1v) is 10.6. The summed E-state index contributed by atoms with van der Waals surface area (Å²) in [6, 6.07) is 4.62. The van der Waals surface area contributed by atoms with E-state index < -0.39 is 41.5 Å². The van der Waals surface area contributed by atoms with E-state index in [4.69, 9.17) is 0 Å². The molecule has 0 radical (unpaired) electrons. The number of aromatic amines is 1. The third kappa shape index (κ3) is 3.55. The molecule has 1 aliphatic carbocycles. The fourth-order valence-electron chi connectivity index (χ4n) is 4.79. The molecular formula is C24H24F4N2O3. The van der Waals surface area contributed by atoms with E-state index in [1.165, 1.54) is 12.1 Å². The fourth-order valence-corrected chi connectivity index (χ4v) is 4.79. The Balaban J connectivity index is 1.98. The lowest BCUT2D eigenvalue weighted by molar-refractivity contribution is -0.272. The highest BCUT2D eigenvalue weighted by Gasteiger charge is 2.62. The quantitative estimate of drug-likeness (QED) is 0.395. The molecule has 0 saturated heterocycles. The largest absolute Gasteiger partial charge is 0.507 e. The van der Waals surface area contributed by atoms with Crippen LogP contribution in [0.25, 0.3) is 10.9 Å². The normalized spacial score (nSPS) is 22.9. The molecule has 9 heteroatoms. The molecule has 0 amide bonds. The Morgan fingerprint density at radius 2 is 1.91 bits per heavy atom. The number of aromatic hydroxyl groups is 1. The van der Waals surface area contributed by atoms with Crippen LogP contribution in [0.2, 0.25) is 0 Å². The number of alkyl halides is 3. The van der Waals surface area contributed by atoms with Crippen LogP contribution < -0.4 is 10.9 Å². The van der Waals surface area contributed by atoms with Crippen LogP contribution in [-0.4, -0.2) is 27.0 Å². The Hall–Kier alpha value is -3.07. The van der Waals surface area contributed by atoms with Crippen molar-refractivity contribution in [1.82, 2.24) is 4.98 Å². The number of fused-ring (bicyclic) bond motifs is 2. The van der Waals surface area contributed by atoms with Crippen molar-refractivity contribution in [3.05, 3.63) is 68.8 Å². The van der Waals surface area contributed by atoms with Crippen LogP contribution in [0.1, 0.15) is 54.0 Å². The number of hydrogen-bond donors (Lipinski definition) is 4. The third-order valence-electron chi connectivity index (χ3n) is 6.77. The minimum absolute atomic E-state index is 0.0823. The highest BCUT2D eigenvalue weighted by Crippen LogP contribution is 2.56. The average Bonchev–Trinajstić information content (AvgIpc) is 2.74. The predicted molar refractivity (Wildman–Crippen MR) is 117 cm³/mol. The maximum absolute atomic E-state index is 14.3. The molecule has 33 heavy (non-hydrogen) atoms. The van der Waals surface area contributed by atoms with Crippen LogP contribution in [0.5, 0.6) is 5.75 Å². The minimum Gasteiger partial charge on any atom is -0.507 e. The van der Waals surface area contributed by atoms with Gasteiger partial charge < -0.3 is 20.5 Å². The second-order valence-corrected chi connectivity index (χ2v) is 8.68. The van der Waals surface area contributed by atoms with Crippen LogP contribution in [0.3, 0.4) is 0 Å². The number of halogens is 4. The molecule has 1 aromatic heterocycles. The van der Waals surface area contributed by atoms with Crippen molar-refractivity contribution in [3.8, 4) is 5.75 Å². The number of benzene rings is 2. The number of pyridine rings is 1. The van der Waals surface area contributed by atoms with E-state index in [-0.39, 0.29) is 34.3 Å². The summed E-state index contributed by atoms with van der Waals surface area (Å²) in [6.45, 7) is 5.07. The molecule has 176 valence electrons. The highest BCUT2D eigenvalue weighted by molar-refractivity contribution is 5.91. The topological polar surface area (TPSA) is 85.4 Å². The number of phenolic OH excluding ortho intramolecular Hbond substituents is 1. The number of nitrogens with one attached hydrogen (secondary N) is 2. The Bertz CT molecular complexity index is 1300. The van der Waals surface area contributed by atoms with Crippen molar-refractivity contribution in [2.24, 2.45) is 0 Å². The van der Waals surface area contributed by atoms with E-state index >= 15 is 0 Å². The summed E-state index contributed by atoms with van der Waals surface area (Å²) in [5, 5.41) is 24.9. The minimum atomic E-state index is -4.99. The van der Waals surface area contributed by atoms with Crippen LogP contribution >= 0.6 is 0 Å². The average molecular weight is 464 g/mol. The summed E-state index contributed by atoms with van der Waals surface area (Å²) in [5.41, 5.74) is -2.13. The van der Waals surface area contributed by atoms with Gasteiger partial charge in [-0.25, -0.2) is 4.39 Å². The highest BCUT2D eigenvalue weighted by atomic mass is 19.4. The molecule has 4 N–H and O–H groups in total. The maximum Gasteiger partial charge on any atom is 0.419 e. The number of aromatic nitrogens is 1. The van der Waals surface area contributed by atoms with E-state index in [0.29, 0.717) is 16.7 Å².